The minimum atomic E-state index is -0.332. The topological polar surface area (TPSA) is 69.7 Å². The van der Waals surface area contributed by atoms with Gasteiger partial charge in [0.2, 0.25) is 17.7 Å². The first-order chi connectivity index (χ1) is 11.8. The Hall–Kier alpha value is -2.37. The second-order valence-corrected chi connectivity index (χ2v) is 6.70. The van der Waals surface area contributed by atoms with E-state index in [2.05, 4.69) is 12.2 Å². The summed E-state index contributed by atoms with van der Waals surface area (Å²) in [5, 5.41) is 2.87. The molecule has 1 fully saturated rings. The molecule has 6 heteroatoms. The van der Waals surface area contributed by atoms with Crippen molar-refractivity contribution in [3.8, 4) is 0 Å². The van der Waals surface area contributed by atoms with Crippen molar-refractivity contribution in [3.63, 3.8) is 0 Å². The first-order valence-electron chi connectivity index (χ1n) is 8.78. The highest BCUT2D eigenvalue weighted by atomic mass is 16.2. The third-order valence-corrected chi connectivity index (χ3v) is 4.74. The van der Waals surface area contributed by atoms with Crippen molar-refractivity contribution < 1.29 is 14.4 Å². The van der Waals surface area contributed by atoms with Crippen molar-refractivity contribution in [3.05, 3.63) is 24.3 Å². The number of rotatable bonds is 6. The largest absolute Gasteiger partial charge is 0.339 e. The summed E-state index contributed by atoms with van der Waals surface area (Å²) in [5.41, 5.74) is 1.34. The second-order valence-electron chi connectivity index (χ2n) is 6.70. The number of carbonyl (C=O) groups is 3. The summed E-state index contributed by atoms with van der Waals surface area (Å²) in [6.45, 7) is 6.08. The van der Waals surface area contributed by atoms with Gasteiger partial charge in [0.25, 0.3) is 0 Å². The monoisotopic (exact) mass is 345 g/mol. The molecule has 0 saturated carbocycles. The Kier molecular flexibility index (Phi) is 6.17. The Morgan fingerprint density at radius 3 is 2.76 bits per heavy atom. The van der Waals surface area contributed by atoms with E-state index in [0.29, 0.717) is 17.9 Å². The molecule has 136 valence electrons. The highest BCUT2D eigenvalue weighted by Gasteiger charge is 2.36. The number of likely N-dealkylation sites (tertiary alicyclic amines) is 1. The number of nitrogens with zero attached hydrogens (tertiary/aromatic N) is 2. The van der Waals surface area contributed by atoms with Crippen molar-refractivity contribution in [2.45, 2.75) is 46.1 Å². The van der Waals surface area contributed by atoms with Crippen LogP contribution < -0.4 is 10.2 Å². The van der Waals surface area contributed by atoms with Gasteiger partial charge in [0.05, 0.1) is 5.92 Å². The number of nitrogens with one attached hydrogen (secondary N) is 1. The van der Waals surface area contributed by atoms with Crippen LogP contribution in [-0.2, 0) is 14.4 Å². The van der Waals surface area contributed by atoms with E-state index >= 15 is 0 Å². The number of hydrogen-bond acceptors (Lipinski definition) is 3. The first-order valence-corrected chi connectivity index (χ1v) is 8.78. The van der Waals surface area contributed by atoms with Crippen molar-refractivity contribution in [2.24, 2.45) is 5.92 Å². The van der Waals surface area contributed by atoms with Gasteiger partial charge in [-0.05, 0) is 31.5 Å². The standard InChI is InChI=1S/C19H27N3O3/c1-5-7-13(2)22-12-15(10-18(22)24)19(25)20-16-8-6-9-17(11-16)21(4)14(3)23/h6,8-9,11,13,15H,5,7,10,12H2,1-4H3,(H,20,25). The van der Waals surface area contributed by atoms with Gasteiger partial charge in [-0.15, -0.1) is 0 Å². The molecule has 0 bridgehead atoms. The van der Waals surface area contributed by atoms with Crippen molar-refractivity contribution >= 4 is 29.1 Å². The smallest absolute Gasteiger partial charge is 0.229 e. The lowest BCUT2D eigenvalue weighted by atomic mass is 10.1. The van der Waals surface area contributed by atoms with Crippen LogP contribution in [0.3, 0.4) is 0 Å². The highest BCUT2D eigenvalue weighted by molar-refractivity contribution is 5.98. The quantitative estimate of drug-likeness (QED) is 0.862. The van der Waals surface area contributed by atoms with Crippen LogP contribution in [0.2, 0.25) is 0 Å². The van der Waals surface area contributed by atoms with Gasteiger partial charge >= 0.3 is 0 Å². The zero-order valence-electron chi connectivity index (χ0n) is 15.4. The molecule has 1 saturated heterocycles. The van der Waals surface area contributed by atoms with Crippen LogP contribution in [-0.4, -0.2) is 42.3 Å². The van der Waals surface area contributed by atoms with Crippen LogP contribution in [0.5, 0.6) is 0 Å². The van der Waals surface area contributed by atoms with Crippen LogP contribution >= 0.6 is 0 Å². The molecule has 1 aliphatic heterocycles. The lowest BCUT2D eigenvalue weighted by Gasteiger charge is -2.24. The van der Waals surface area contributed by atoms with Gasteiger partial charge in [-0.3, -0.25) is 14.4 Å². The van der Waals surface area contributed by atoms with E-state index < -0.39 is 0 Å². The molecule has 1 heterocycles. The normalized spacial score (nSPS) is 18.2. The van der Waals surface area contributed by atoms with Crippen LogP contribution in [0, 0.1) is 5.92 Å². The Morgan fingerprint density at radius 1 is 1.40 bits per heavy atom. The molecule has 2 atom stereocenters. The fourth-order valence-electron chi connectivity index (χ4n) is 3.13. The fraction of sp³-hybridized carbons (Fsp3) is 0.526. The molecular weight excluding hydrogens is 318 g/mol. The lowest BCUT2D eigenvalue weighted by Crippen LogP contribution is -2.35. The number of benzene rings is 1. The van der Waals surface area contributed by atoms with E-state index in [9.17, 15) is 14.4 Å². The van der Waals surface area contributed by atoms with Crippen LogP contribution in [0.4, 0.5) is 11.4 Å². The van der Waals surface area contributed by atoms with E-state index in [1.807, 2.05) is 17.9 Å². The molecule has 1 aliphatic rings. The molecule has 2 rings (SSSR count). The Balaban J connectivity index is 2.02. The van der Waals surface area contributed by atoms with Gasteiger partial charge in [0.15, 0.2) is 0 Å². The number of carbonyl (C=O) groups excluding carboxylic acids is 3. The maximum Gasteiger partial charge on any atom is 0.229 e. The molecule has 1 aromatic rings. The molecule has 0 radical (unpaired) electrons. The van der Waals surface area contributed by atoms with Gasteiger partial charge in [-0.1, -0.05) is 19.4 Å². The third-order valence-electron chi connectivity index (χ3n) is 4.74. The third kappa shape index (κ3) is 4.59. The summed E-state index contributed by atoms with van der Waals surface area (Å²) >= 11 is 0. The van der Waals surface area contributed by atoms with Crippen molar-refractivity contribution in [1.29, 1.82) is 0 Å². The van der Waals surface area contributed by atoms with Crippen molar-refractivity contribution in [1.82, 2.24) is 4.90 Å². The maximum absolute atomic E-state index is 12.5. The zero-order chi connectivity index (χ0) is 18.6. The average Bonchev–Trinajstić information content (AvgIpc) is 2.96. The molecule has 0 spiro atoms. The van der Waals surface area contributed by atoms with Gasteiger partial charge in [0, 0.05) is 44.4 Å². The molecule has 6 nitrogen and oxygen atoms in total. The molecule has 0 aromatic heterocycles. The Labute approximate surface area is 149 Å². The van der Waals surface area contributed by atoms with Gasteiger partial charge in [-0.25, -0.2) is 0 Å². The summed E-state index contributed by atoms with van der Waals surface area (Å²) in [5.74, 6) is -0.514. The van der Waals surface area contributed by atoms with E-state index in [1.54, 1.807) is 25.2 Å². The predicted octanol–water partition coefficient (Wildman–Crippen LogP) is 2.64. The predicted molar refractivity (Wildman–Crippen MR) is 98.3 cm³/mol. The molecule has 2 unspecified atom stereocenters. The summed E-state index contributed by atoms with van der Waals surface area (Å²) in [6, 6.07) is 7.31. The number of anilines is 2. The van der Waals surface area contributed by atoms with E-state index in [1.165, 1.54) is 11.8 Å². The Morgan fingerprint density at radius 2 is 2.12 bits per heavy atom. The molecule has 1 aromatic carbocycles. The first kappa shape index (κ1) is 19.0. The summed E-state index contributed by atoms with van der Waals surface area (Å²) in [6.07, 6.45) is 2.21. The highest BCUT2D eigenvalue weighted by Crippen LogP contribution is 2.24. The molecule has 1 N–H and O–H groups in total. The SMILES string of the molecule is CCCC(C)N1CC(C(=O)Nc2cccc(N(C)C(C)=O)c2)CC1=O. The number of hydrogen-bond donors (Lipinski definition) is 1. The van der Waals surface area contributed by atoms with Gasteiger partial charge in [-0.2, -0.15) is 0 Å². The van der Waals surface area contributed by atoms with Gasteiger partial charge < -0.3 is 15.1 Å². The molecule has 3 amide bonds. The minimum Gasteiger partial charge on any atom is -0.339 e. The zero-order valence-corrected chi connectivity index (χ0v) is 15.4. The summed E-state index contributed by atoms with van der Waals surface area (Å²) in [7, 11) is 1.69. The van der Waals surface area contributed by atoms with E-state index in [-0.39, 0.29) is 36.1 Å². The van der Waals surface area contributed by atoms with Crippen LogP contribution in [0.25, 0.3) is 0 Å². The maximum atomic E-state index is 12.5. The van der Waals surface area contributed by atoms with E-state index in [0.717, 1.165) is 12.8 Å². The second kappa shape index (κ2) is 8.14. The van der Waals surface area contributed by atoms with Crippen molar-refractivity contribution in [2.75, 3.05) is 23.8 Å². The fourth-order valence-corrected chi connectivity index (χ4v) is 3.13. The lowest BCUT2D eigenvalue weighted by molar-refractivity contribution is -0.129. The molecule has 25 heavy (non-hydrogen) atoms. The summed E-state index contributed by atoms with van der Waals surface area (Å²) in [4.78, 5) is 39.5. The van der Waals surface area contributed by atoms with Gasteiger partial charge in [0.1, 0.15) is 0 Å². The number of amides is 3. The summed E-state index contributed by atoms with van der Waals surface area (Å²) < 4.78 is 0. The van der Waals surface area contributed by atoms with E-state index in [4.69, 9.17) is 0 Å². The average molecular weight is 345 g/mol. The Bertz CT molecular complexity index is 659. The molecular formula is C19H27N3O3. The molecule has 0 aliphatic carbocycles. The van der Waals surface area contributed by atoms with Crippen LogP contribution in [0.15, 0.2) is 24.3 Å². The minimum absolute atomic E-state index is 0.0474. The van der Waals surface area contributed by atoms with Crippen LogP contribution in [0.1, 0.15) is 40.0 Å².